The minimum atomic E-state index is -0.197. The summed E-state index contributed by atoms with van der Waals surface area (Å²) in [4.78, 5) is 14.0. The smallest absolute Gasteiger partial charge is 0.231 e. The van der Waals surface area contributed by atoms with Gasteiger partial charge in [0.15, 0.2) is 0 Å². The lowest BCUT2D eigenvalue weighted by Crippen LogP contribution is -2.37. The van der Waals surface area contributed by atoms with Crippen LogP contribution in [-0.2, 0) is 4.79 Å². The Kier molecular flexibility index (Phi) is 5.53. The van der Waals surface area contributed by atoms with Crippen LogP contribution in [-0.4, -0.2) is 19.5 Å². The standard InChI is InChI=1S/C15H21N3O/c1-11(2)8-13(10-17)15(19)18(3)14-7-5-4-6-12(14)9-16/h4-7,11,13H,8,10,17H2,1-3H3. The van der Waals surface area contributed by atoms with Crippen molar-refractivity contribution in [2.75, 3.05) is 18.5 Å². The maximum Gasteiger partial charge on any atom is 0.231 e. The average molecular weight is 259 g/mol. The molecule has 4 heteroatoms. The normalized spacial score (nSPS) is 12.0. The molecule has 2 N–H and O–H groups in total. The highest BCUT2D eigenvalue weighted by molar-refractivity contribution is 5.95. The second-order valence-electron chi connectivity index (χ2n) is 5.09. The van der Waals surface area contributed by atoms with Gasteiger partial charge in [-0.05, 0) is 24.5 Å². The van der Waals surface area contributed by atoms with Gasteiger partial charge in [0.25, 0.3) is 0 Å². The van der Waals surface area contributed by atoms with Crippen molar-refractivity contribution < 1.29 is 4.79 Å². The number of hydrogen-bond donors (Lipinski definition) is 1. The molecule has 0 saturated carbocycles. The van der Waals surface area contributed by atoms with E-state index in [-0.39, 0.29) is 11.8 Å². The predicted molar refractivity (Wildman–Crippen MR) is 76.6 cm³/mol. The van der Waals surface area contributed by atoms with Gasteiger partial charge in [-0.3, -0.25) is 4.79 Å². The zero-order valence-electron chi connectivity index (χ0n) is 11.8. The molecule has 4 nitrogen and oxygen atoms in total. The molecule has 1 amide bonds. The molecule has 1 aromatic carbocycles. The first-order valence-electron chi connectivity index (χ1n) is 6.48. The third kappa shape index (κ3) is 3.80. The van der Waals surface area contributed by atoms with Crippen molar-refractivity contribution in [3.63, 3.8) is 0 Å². The molecule has 0 saturated heterocycles. The first-order valence-corrected chi connectivity index (χ1v) is 6.48. The Morgan fingerprint density at radius 2 is 2.05 bits per heavy atom. The number of nitrogens with zero attached hydrogens (tertiary/aromatic N) is 2. The van der Waals surface area contributed by atoms with Gasteiger partial charge in [-0.25, -0.2) is 0 Å². The van der Waals surface area contributed by atoms with Crippen LogP contribution in [0.5, 0.6) is 0 Å². The second-order valence-corrected chi connectivity index (χ2v) is 5.09. The first-order chi connectivity index (χ1) is 9.01. The molecular formula is C15H21N3O. The van der Waals surface area contributed by atoms with Crippen molar-refractivity contribution in [1.82, 2.24) is 0 Å². The van der Waals surface area contributed by atoms with Gasteiger partial charge in [0, 0.05) is 13.6 Å². The molecule has 0 fully saturated rings. The highest BCUT2D eigenvalue weighted by Gasteiger charge is 2.23. The van der Waals surface area contributed by atoms with Crippen LogP contribution in [0.3, 0.4) is 0 Å². The Balaban J connectivity index is 2.95. The van der Waals surface area contributed by atoms with E-state index in [0.29, 0.717) is 23.7 Å². The average Bonchev–Trinajstić information content (AvgIpc) is 2.42. The molecule has 0 heterocycles. The predicted octanol–water partition coefficient (Wildman–Crippen LogP) is 2.14. The van der Waals surface area contributed by atoms with Gasteiger partial charge < -0.3 is 10.6 Å². The van der Waals surface area contributed by atoms with Crippen molar-refractivity contribution >= 4 is 11.6 Å². The number of para-hydroxylation sites is 1. The highest BCUT2D eigenvalue weighted by Crippen LogP contribution is 2.22. The lowest BCUT2D eigenvalue weighted by Gasteiger charge is -2.24. The minimum absolute atomic E-state index is 0.0288. The van der Waals surface area contributed by atoms with Gasteiger partial charge in [-0.2, -0.15) is 5.26 Å². The third-order valence-corrected chi connectivity index (χ3v) is 3.11. The van der Waals surface area contributed by atoms with Crippen molar-refractivity contribution in [2.24, 2.45) is 17.6 Å². The maximum atomic E-state index is 12.4. The van der Waals surface area contributed by atoms with Crippen molar-refractivity contribution in [3.05, 3.63) is 29.8 Å². The summed E-state index contributed by atoms with van der Waals surface area (Å²) in [5.74, 6) is 0.188. The number of hydrogen-bond acceptors (Lipinski definition) is 3. The van der Waals surface area contributed by atoms with Crippen LogP contribution in [0.1, 0.15) is 25.8 Å². The van der Waals surface area contributed by atoms with Crippen LogP contribution in [0.2, 0.25) is 0 Å². The third-order valence-electron chi connectivity index (χ3n) is 3.11. The molecule has 0 aromatic heterocycles. The molecule has 1 unspecified atom stereocenters. The summed E-state index contributed by atoms with van der Waals surface area (Å²) in [6, 6.07) is 9.19. The Morgan fingerprint density at radius 1 is 1.42 bits per heavy atom. The molecule has 0 spiro atoms. The zero-order valence-corrected chi connectivity index (χ0v) is 11.8. The molecule has 0 aliphatic rings. The highest BCUT2D eigenvalue weighted by atomic mass is 16.2. The Labute approximate surface area is 114 Å². The van der Waals surface area contributed by atoms with Crippen LogP contribution in [0, 0.1) is 23.2 Å². The number of anilines is 1. The summed E-state index contributed by atoms with van der Waals surface area (Å²) in [6.45, 7) is 4.47. The molecule has 0 aliphatic carbocycles. The van der Waals surface area contributed by atoms with E-state index in [1.54, 1.807) is 30.1 Å². The Morgan fingerprint density at radius 3 is 2.58 bits per heavy atom. The van der Waals surface area contributed by atoms with E-state index in [0.717, 1.165) is 6.42 Å². The van der Waals surface area contributed by atoms with Crippen molar-refractivity contribution in [2.45, 2.75) is 20.3 Å². The Bertz CT molecular complexity index is 477. The van der Waals surface area contributed by atoms with Crippen molar-refractivity contribution in [1.29, 1.82) is 5.26 Å². The molecule has 1 atom stereocenters. The van der Waals surface area contributed by atoms with Gasteiger partial charge in [0.2, 0.25) is 5.91 Å². The molecule has 19 heavy (non-hydrogen) atoms. The summed E-state index contributed by atoms with van der Waals surface area (Å²) in [7, 11) is 1.70. The lowest BCUT2D eigenvalue weighted by molar-refractivity contribution is -0.122. The molecular weight excluding hydrogens is 238 g/mol. The van der Waals surface area contributed by atoms with E-state index >= 15 is 0 Å². The largest absolute Gasteiger partial charge is 0.330 e. The SMILES string of the molecule is CC(C)CC(CN)C(=O)N(C)c1ccccc1C#N. The number of carbonyl (C=O) groups excluding carboxylic acids is 1. The summed E-state index contributed by atoms with van der Waals surface area (Å²) in [5.41, 5.74) is 6.83. The maximum absolute atomic E-state index is 12.4. The fourth-order valence-electron chi connectivity index (χ4n) is 2.12. The van der Waals surface area contributed by atoms with E-state index in [1.807, 2.05) is 6.07 Å². The van der Waals surface area contributed by atoms with Crippen LogP contribution >= 0.6 is 0 Å². The molecule has 0 radical (unpaired) electrons. The number of nitriles is 1. The second kappa shape index (κ2) is 6.91. The molecule has 102 valence electrons. The molecule has 0 aliphatic heterocycles. The van der Waals surface area contributed by atoms with Gasteiger partial charge in [0.05, 0.1) is 17.2 Å². The molecule has 1 rings (SSSR count). The quantitative estimate of drug-likeness (QED) is 0.880. The Hall–Kier alpha value is -1.86. The fourth-order valence-corrected chi connectivity index (χ4v) is 2.12. The van der Waals surface area contributed by atoms with Crippen LogP contribution < -0.4 is 10.6 Å². The monoisotopic (exact) mass is 259 g/mol. The van der Waals surface area contributed by atoms with Gasteiger partial charge >= 0.3 is 0 Å². The number of nitrogens with two attached hydrogens (primary N) is 1. The fraction of sp³-hybridized carbons (Fsp3) is 0.467. The van der Waals surface area contributed by atoms with E-state index in [9.17, 15) is 4.79 Å². The van der Waals surface area contributed by atoms with Crippen LogP contribution in [0.15, 0.2) is 24.3 Å². The number of carbonyl (C=O) groups is 1. The summed E-state index contributed by atoms with van der Waals surface area (Å²) in [5, 5.41) is 9.08. The van der Waals surface area contributed by atoms with Gasteiger partial charge in [-0.15, -0.1) is 0 Å². The number of rotatable bonds is 5. The molecule has 0 bridgehead atoms. The van der Waals surface area contributed by atoms with Crippen LogP contribution in [0.25, 0.3) is 0 Å². The van der Waals surface area contributed by atoms with E-state index in [1.165, 1.54) is 0 Å². The van der Waals surface area contributed by atoms with E-state index in [4.69, 9.17) is 11.0 Å². The summed E-state index contributed by atoms with van der Waals surface area (Å²) < 4.78 is 0. The van der Waals surface area contributed by atoms with Gasteiger partial charge in [-0.1, -0.05) is 26.0 Å². The summed E-state index contributed by atoms with van der Waals surface area (Å²) in [6.07, 6.45) is 0.758. The first kappa shape index (κ1) is 15.2. The zero-order chi connectivity index (χ0) is 14.4. The minimum Gasteiger partial charge on any atom is -0.330 e. The van der Waals surface area contributed by atoms with E-state index < -0.39 is 0 Å². The van der Waals surface area contributed by atoms with Gasteiger partial charge in [0.1, 0.15) is 6.07 Å². The topological polar surface area (TPSA) is 70.1 Å². The van der Waals surface area contributed by atoms with Crippen LogP contribution in [0.4, 0.5) is 5.69 Å². The number of benzene rings is 1. The molecule has 1 aromatic rings. The lowest BCUT2D eigenvalue weighted by atomic mass is 9.95. The number of amides is 1. The van der Waals surface area contributed by atoms with Crippen molar-refractivity contribution in [3.8, 4) is 6.07 Å². The van der Waals surface area contributed by atoms with E-state index in [2.05, 4.69) is 19.9 Å². The summed E-state index contributed by atoms with van der Waals surface area (Å²) >= 11 is 0.